The third-order valence-electron chi connectivity index (χ3n) is 10.6. The standard InChI is InChI=1S/C42H46N4O6/c47-38-17-15-34(35-16-18-40(49)44-41(35)38)39(48)26-43-25-29-9-12-32(13-10-29)52-23-5-4-6-28-11-14-33(30-7-2-1-3-8-30)36(24-28)46(42(50)51)37-27-45-21-19-31(37)20-22-45/h1-3,7-18,24,31,37,39,43,47-48H,4-6,19-23,25-27H2,(H,44,49)(H,50,51)/t37-,39+/m0/s1. The van der Waals surface area contributed by atoms with Crippen LogP contribution in [0.4, 0.5) is 10.5 Å². The number of anilines is 1. The average molecular weight is 703 g/mol. The maximum absolute atomic E-state index is 12.9. The molecule has 3 aliphatic rings. The van der Waals surface area contributed by atoms with E-state index in [9.17, 15) is 24.9 Å². The smallest absolute Gasteiger partial charge is 0.412 e. The number of H-pyrrole nitrogens is 1. The number of aromatic nitrogens is 1. The first-order valence-corrected chi connectivity index (χ1v) is 18.2. The number of pyridine rings is 1. The fraction of sp³-hybridized carbons (Fsp3) is 0.333. The Morgan fingerprint density at radius 2 is 1.71 bits per heavy atom. The number of rotatable bonds is 14. The summed E-state index contributed by atoms with van der Waals surface area (Å²) < 4.78 is 6.04. The van der Waals surface area contributed by atoms with Gasteiger partial charge in [-0.1, -0.05) is 60.7 Å². The SMILES string of the molecule is O=C(O)N(c1cc(CCCCOc2ccc(CNC[C@@H](O)c3ccc(O)c4[nH]c(=O)ccc34)cc2)ccc1-c1ccccc1)[C@H]1CN2CCC1CC2. The fourth-order valence-electron chi connectivity index (χ4n) is 7.78. The van der Waals surface area contributed by atoms with Gasteiger partial charge in [0.05, 0.1) is 30.0 Å². The molecule has 0 spiro atoms. The summed E-state index contributed by atoms with van der Waals surface area (Å²) in [7, 11) is 0. The second-order valence-electron chi connectivity index (χ2n) is 14.0. The van der Waals surface area contributed by atoms with E-state index in [4.69, 9.17) is 4.74 Å². The number of nitrogens with one attached hydrogen (secondary N) is 2. The van der Waals surface area contributed by atoms with Crippen LogP contribution in [0.2, 0.25) is 0 Å². The molecule has 1 aromatic heterocycles. The highest BCUT2D eigenvalue weighted by atomic mass is 16.5. The number of aliphatic hydroxyl groups is 1. The van der Waals surface area contributed by atoms with Gasteiger partial charge in [-0.05, 0) is 104 Å². The van der Waals surface area contributed by atoms with Crippen LogP contribution in [-0.2, 0) is 13.0 Å². The van der Waals surface area contributed by atoms with Crippen molar-refractivity contribution in [2.75, 3.05) is 37.7 Å². The first-order chi connectivity index (χ1) is 25.3. The highest BCUT2D eigenvalue weighted by Gasteiger charge is 2.40. The maximum atomic E-state index is 12.9. The van der Waals surface area contributed by atoms with E-state index in [1.165, 1.54) is 12.1 Å². The van der Waals surface area contributed by atoms with Crippen molar-refractivity contribution in [1.29, 1.82) is 0 Å². The normalized spacial score (nSPS) is 18.7. The monoisotopic (exact) mass is 702 g/mol. The minimum atomic E-state index is -0.886. The fourth-order valence-corrected chi connectivity index (χ4v) is 7.78. The van der Waals surface area contributed by atoms with Crippen molar-refractivity contribution in [2.45, 2.75) is 50.8 Å². The number of unbranched alkanes of at least 4 members (excludes halogenated alkanes) is 1. The molecule has 10 heteroatoms. The van der Waals surface area contributed by atoms with Gasteiger partial charge in [-0.2, -0.15) is 0 Å². The van der Waals surface area contributed by atoms with Crippen molar-refractivity contribution >= 4 is 22.7 Å². The summed E-state index contributed by atoms with van der Waals surface area (Å²) in [6.07, 6.45) is 2.98. The molecule has 3 fully saturated rings. The summed E-state index contributed by atoms with van der Waals surface area (Å²) in [6.45, 7) is 4.32. The lowest BCUT2D eigenvalue weighted by Gasteiger charge is -2.48. The molecule has 4 aromatic carbocycles. The molecule has 270 valence electrons. The van der Waals surface area contributed by atoms with Crippen LogP contribution in [-0.4, -0.2) is 70.1 Å². The van der Waals surface area contributed by atoms with Gasteiger partial charge in [0.1, 0.15) is 11.5 Å². The Balaban J connectivity index is 0.911. The number of phenols is 1. The minimum absolute atomic E-state index is 0.0366. The number of hydrogen-bond acceptors (Lipinski definition) is 7. The maximum Gasteiger partial charge on any atom is 0.412 e. The Morgan fingerprint density at radius 3 is 2.44 bits per heavy atom. The summed E-state index contributed by atoms with van der Waals surface area (Å²) in [6, 6.07) is 30.4. The molecule has 0 radical (unpaired) electrons. The van der Waals surface area contributed by atoms with Crippen LogP contribution < -0.4 is 20.5 Å². The van der Waals surface area contributed by atoms with Gasteiger partial charge < -0.3 is 35.3 Å². The number of piperidine rings is 3. The molecule has 8 rings (SSSR count). The van der Waals surface area contributed by atoms with E-state index >= 15 is 0 Å². The first-order valence-electron chi connectivity index (χ1n) is 18.2. The second kappa shape index (κ2) is 16.0. The molecule has 0 aliphatic carbocycles. The lowest BCUT2D eigenvalue weighted by atomic mass is 9.82. The van der Waals surface area contributed by atoms with Crippen LogP contribution in [0.3, 0.4) is 0 Å². The summed E-state index contributed by atoms with van der Waals surface area (Å²) in [5.74, 6) is 1.14. The van der Waals surface area contributed by atoms with Gasteiger partial charge in [-0.15, -0.1) is 0 Å². The Kier molecular flexibility index (Phi) is 10.9. The van der Waals surface area contributed by atoms with Crippen LogP contribution in [0.15, 0.2) is 102 Å². The number of fused-ring (bicyclic) bond motifs is 4. The molecule has 3 aliphatic heterocycles. The number of ether oxygens (including phenoxy) is 1. The largest absolute Gasteiger partial charge is 0.506 e. The molecule has 1 amide bonds. The number of nitrogens with zero attached hydrogens (tertiary/aromatic N) is 2. The summed E-state index contributed by atoms with van der Waals surface area (Å²) in [4.78, 5) is 31.3. The Hall–Kier alpha value is -5.16. The second-order valence-corrected chi connectivity index (χ2v) is 14.0. The van der Waals surface area contributed by atoms with E-state index < -0.39 is 12.2 Å². The summed E-state index contributed by atoms with van der Waals surface area (Å²) in [5.41, 5.74) is 5.54. The van der Waals surface area contributed by atoms with E-state index in [1.807, 2.05) is 54.6 Å². The quantitative estimate of drug-likeness (QED) is 0.0806. The molecule has 3 saturated heterocycles. The molecule has 4 heterocycles. The predicted molar refractivity (Wildman–Crippen MR) is 203 cm³/mol. The predicted octanol–water partition coefficient (Wildman–Crippen LogP) is 6.70. The van der Waals surface area contributed by atoms with Crippen LogP contribution in [0.1, 0.15) is 48.5 Å². The minimum Gasteiger partial charge on any atom is -0.506 e. The number of aromatic hydroxyl groups is 1. The van der Waals surface area contributed by atoms with E-state index in [0.717, 1.165) is 85.4 Å². The Labute approximate surface area is 303 Å². The van der Waals surface area contributed by atoms with Crippen LogP contribution >= 0.6 is 0 Å². The Bertz CT molecular complexity index is 2040. The molecule has 0 unspecified atom stereocenters. The molecule has 2 atom stereocenters. The number of aliphatic hydroxyl groups excluding tert-OH is 1. The third kappa shape index (κ3) is 7.99. The van der Waals surface area contributed by atoms with Gasteiger partial charge in [0, 0.05) is 36.7 Å². The lowest BCUT2D eigenvalue weighted by molar-refractivity contribution is 0.0837. The van der Waals surface area contributed by atoms with Crippen molar-refractivity contribution in [3.63, 3.8) is 0 Å². The van der Waals surface area contributed by atoms with E-state index in [0.29, 0.717) is 42.1 Å². The molecule has 10 nitrogen and oxygen atoms in total. The van der Waals surface area contributed by atoms with Gasteiger partial charge in [0.2, 0.25) is 5.56 Å². The van der Waals surface area contributed by atoms with Gasteiger partial charge in [-0.3, -0.25) is 9.69 Å². The number of phenolic OH excluding ortho intramolecular Hbond substituents is 1. The van der Waals surface area contributed by atoms with Gasteiger partial charge in [0.15, 0.2) is 0 Å². The highest BCUT2D eigenvalue weighted by Crippen LogP contribution is 2.39. The zero-order valence-electron chi connectivity index (χ0n) is 29.2. The third-order valence-corrected chi connectivity index (χ3v) is 10.6. The van der Waals surface area contributed by atoms with E-state index in [-0.39, 0.29) is 17.4 Å². The number of aromatic amines is 1. The first kappa shape index (κ1) is 35.3. The van der Waals surface area contributed by atoms with Gasteiger partial charge in [-0.25, -0.2) is 4.79 Å². The van der Waals surface area contributed by atoms with Crippen LogP contribution in [0.25, 0.3) is 22.0 Å². The molecular formula is C42H46N4O6. The molecule has 52 heavy (non-hydrogen) atoms. The number of aryl methyl sites for hydroxylation is 1. The van der Waals surface area contributed by atoms with Crippen molar-refractivity contribution in [1.82, 2.24) is 15.2 Å². The van der Waals surface area contributed by atoms with E-state index in [2.05, 4.69) is 33.4 Å². The van der Waals surface area contributed by atoms with Crippen LogP contribution in [0.5, 0.6) is 11.5 Å². The van der Waals surface area contributed by atoms with Crippen molar-refractivity contribution in [3.05, 3.63) is 124 Å². The van der Waals surface area contributed by atoms with Crippen molar-refractivity contribution in [3.8, 4) is 22.6 Å². The van der Waals surface area contributed by atoms with Gasteiger partial charge in [0.25, 0.3) is 0 Å². The number of carbonyl (C=O) groups is 1. The van der Waals surface area contributed by atoms with Gasteiger partial charge >= 0.3 is 6.09 Å². The molecule has 5 aromatic rings. The number of benzene rings is 4. The summed E-state index contributed by atoms with van der Waals surface area (Å²) >= 11 is 0. The zero-order chi connectivity index (χ0) is 36.0. The van der Waals surface area contributed by atoms with Crippen LogP contribution in [0, 0.1) is 5.92 Å². The molecule has 0 saturated carbocycles. The Morgan fingerprint density at radius 1 is 0.942 bits per heavy atom. The molecule has 5 N–H and O–H groups in total. The van der Waals surface area contributed by atoms with Crippen molar-refractivity contribution < 1.29 is 24.9 Å². The zero-order valence-corrected chi connectivity index (χ0v) is 29.2. The highest BCUT2D eigenvalue weighted by molar-refractivity contribution is 5.94. The average Bonchev–Trinajstić information content (AvgIpc) is 3.16. The number of carboxylic acid groups (broad SMARTS) is 1. The molecule has 2 bridgehead atoms. The number of hydrogen-bond donors (Lipinski definition) is 5. The van der Waals surface area contributed by atoms with E-state index in [1.54, 1.807) is 17.0 Å². The topological polar surface area (TPSA) is 138 Å². The number of amides is 1. The van der Waals surface area contributed by atoms with Crippen molar-refractivity contribution in [2.24, 2.45) is 5.92 Å². The summed E-state index contributed by atoms with van der Waals surface area (Å²) in [5, 5.41) is 35.4. The lowest BCUT2D eigenvalue weighted by Crippen LogP contribution is -2.59. The molecular weight excluding hydrogens is 656 g/mol.